The Balaban J connectivity index is 2.09. The second-order valence-electron chi connectivity index (χ2n) is 4.71. The minimum Gasteiger partial charge on any atom is -0.394 e. The monoisotopic (exact) mass is 233 g/mol. The van der Waals surface area contributed by atoms with Gasteiger partial charge in [0.2, 0.25) is 5.91 Å². The van der Waals surface area contributed by atoms with Crippen LogP contribution in [0.25, 0.3) is 0 Å². The number of carbonyl (C=O) groups is 1. The van der Waals surface area contributed by atoms with E-state index in [9.17, 15) is 4.79 Å². The number of benzene rings is 1. The van der Waals surface area contributed by atoms with Crippen molar-refractivity contribution in [2.45, 2.75) is 37.6 Å². The van der Waals surface area contributed by atoms with Crippen molar-refractivity contribution in [2.24, 2.45) is 0 Å². The van der Waals surface area contributed by atoms with Crippen molar-refractivity contribution < 1.29 is 9.90 Å². The van der Waals surface area contributed by atoms with Crippen LogP contribution in [0, 0.1) is 0 Å². The smallest absolute Gasteiger partial charge is 0.230 e. The van der Waals surface area contributed by atoms with Crippen molar-refractivity contribution in [1.82, 2.24) is 5.32 Å². The minimum absolute atomic E-state index is 0.00705. The van der Waals surface area contributed by atoms with Gasteiger partial charge in [0.05, 0.1) is 18.1 Å². The van der Waals surface area contributed by atoms with Crippen LogP contribution in [-0.4, -0.2) is 23.7 Å². The molecule has 1 aliphatic rings. The third-order valence-electron chi connectivity index (χ3n) is 3.56. The lowest BCUT2D eigenvalue weighted by atomic mass is 9.94. The minimum atomic E-state index is -0.330. The van der Waals surface area contributed by atoms with Gasteiger partial charge >= 0.3 is 0 Å². The van der Waals surface area contributed by atoms with Crippen molar-refractivity contribution in [1.29, 1.82) is 0 Å². The molecule has 1 aromatic rings. The molecule has 1 amide bonds. The van der Waals surface area contributed by atoms with Crippen molar-refractivity contribution in [3.63, 3.8) is 0 Å². The maximum absolute atomic E-state index is 12.2. The molecule has 1 aromatic carbocycles. The van der Waals surface area contributed by atoms with Gasteiger partial charge in [-0.3, -0.25) is 4.79 Å². The van der Waals surface area contributed by atoms with Crippen molar-refractivity contribution in [3.8, 4) is 0 Å². The van der Waals surface area contributed by atoms with E-state index in [1.165, 1.54) is 0 Å². The molecule has 0 saturated heterocycles. The summed E-state index contributed by atoms with van der Waals surface area (Å²) in [5.74, 6) is 0.0598. The zero-order valence-electron chi connectivity index (χ0n) is 10.1. The molecule has 1 aliphatic carbocycles. The zero-order valence-corrected chi connectivity index (χ0v) is 10.1. The number of aliphatic hydroxyl groups excluding tert-OH is 1. The van der Waals surface area contributed by atoms with Crippen molar-refractivity contribution >= 4 is 5.91 Å². The number of rotatable bonds is 5. The van der Waals surface area contributed by atoms with Crippen LogP contribution in [0.15, 0.2) is 30.3 Å². The van der Waals surface area contributed by atoms with Crippen LogP contribution < -0.4 is 5.32 Å². The maximum atomic E-state index is 12.2. The lowest BCUT2D eigenvalue weighted by molar-refractivity contribution is -0.124. The highest BCUT2D eigenvalue weighted by atomic mass is 16.3. The first kappa shape index (κ1) is 12.1. The summed E-state index contributed by atoms with van der Waals surface area (Å²) in [6.07, 6.45) is 2.57. The highest BCUT2D eigenvalue weighted by Crippen LogP contribution is 2.48. The summed E-state index contributed by atoms with van der Waals surface area (Å²) in [5, 5.41) is 12.0. The van der Waals surface area contributed by atoms with Crippen LogP contribution in [0.4, 0.5) is 0 Å². The SMILES string of the molecule is CC[C@@H](CO)NC(=O)C1(c2ccccc2)CC1. The molecule has 92 valence electrons. The molecule has 1 saturated carbocycles. The third kappa shape index (κ3) is 2.34. The Morgan fingerprint density at radius 3 is 2.53 bits per heavy atom. The average Bonchev–Trinajstić information content (AvgIpc) is 3.18. The zero-order chi connectivity index (χ0) is 12.3. The molecule has 1 fully saturated rings. The van der Waals surface area contributed by atoms with E-state index in [0.717, 1.165) is 24.8 Å². The normalized spacial score (nSPS) is 18.5. The molecule has 0 spiro atoms. The molecule has 1 atom stereocenters. The molecule has 3 heteroatoms. The molecule has 0 bridgehead atoms. The molecule has 3 nitrogen and oxygen atoms in total. The Morgan fingerprint density at radius 2 is 2.06 bits per heavy atom. The fourth-order valence-corrected chi connectivity index (χ4v) is 2.13. The topological polar surface area (TPSA) is 49.3 Å². The summed E-state index contributed by atoms with van der Waals surface area (Å²) >= 11 is 0. The Morgan fingerprint density at radius 1 is 1.41 bits per heavy atom. The highest BCUT2D eigenvalue weighted by molar-refractivity contribution is 5.91. The van der Waals surface area contributed by atoms with Gasteiger partial charge in [0, 0.05) is 0 Å². The summed E-state index contributed by atoms with van der Waals surface area (Å²) in [5.41, 5.74) is 0.759. The van der Waals surface area contributed by atoms with E-state index in [1.807, 2.05) is 37.3 Å². The molecule has 0 aromatic heterocycles. The number of nitrogens with one attached hydrogen (secondary N) is 1. The Hall–Kier alpha value is -1.35. The molecule has 0 aliphatic heterocycles. The second-order valence-corrected chi connectivity index (χ2v) is 4.71. The summed E-state index contributed by atoms with van der Waals surface area (Å²) in [6, 6.07) is 9.78. The maximum Gasteiger partial charge on any atom is 0.230 e. The molecular formula is C14H19NO2. The van der Waals surface area contributed by atoms with Gasteiger partial charge in [-0.15, -0.1) is 0 Å². The molecule has 0 unspecified atom stereocenters. The average molecular weight is 233 g/mol. The van der Waals surface area contributed by atoms with Gasteiger partial charge in [-0.05, 0) is 24.8 Å². The van der Waals surface area contributed by atoms with E-state index in [0.29, 0.717) is 0 Å². The molecule has 2 N–H and O–H groups in total. The first-order valence-electron chi connectivity index (χ1n) is 6.20. The Bertz CT molecular complexity index is 380. The van der Waals surface area contributed by atoms with E-state index in [-0.39, 0.29) is 24.0 Å². The van der Waals surface area contributed by atoms with Crippen LogP contribution in [0.3, 0.4) is 0 Å². The van der Waals surface area contributed by atoms with Crippen LogP contribution in [0.2, 0.25) is 0 Å². The number of carbonyl (C=O) groups excluding carboxylic acids is 1. The largest absolute Gasteiger partial charge is 0.394 e. The van der Waals surface area contributed by atoms with Gasteiger partial charge < -0.3 is 10.4 Å². The van der Waals surface area contributed by atoms with Crippen molar-refractivity contribution in [3.05, 3.63) is 35.9 Å². The highest BCUT2D eigenvalue weighted by Gasteiger charge is 2.51. The number of amides is 1. The summed E-state index contributed by atoms with van der Waals surface area (Å²) in [4.78, 5) is 12.2. The fourth-order valence-electron chi connectivity index (χ4n) is 2.13. The number of hydrogen-bond acceptors (Lipinski definition) is 2. The quantitative estimate of drug-likeness (QED) is 0.811. The predicted octanol–water partition coefficient (Wildman–Crippen LogP) is 1.61. The van der Waals surface area contributed by atoms with Gasteiger partial charge in [0.1, 0.15) is 0 Å². The summed E-state index contributed by atoms with van der Waals surface area (Å²) in [6.45, 7) is 1.97. The summed E-state index contributed by atoms with van der Waals surface area (Å²) in [7, 11) is 0. The van der Waals surface area contributed by atoms with Gasteiger partial charge in [-0.1, -0.05) is 37.3 Å². The van der Waals surface area contributed by atoms with Crippen LogP contribution >= 0.6 is 0 Å². The second kappa shape index (κ2) is 4.88. The Labute approximate surface area is 102 Å². The fraction of sp³-hybridized carbons (Fsp3) is 0.500. The van der Waals surface area contributed by atoms with Gasteiger partial charge in [0.25, 0.3) is 0 Å². The number of aliphatic hydroxyl groups is 1. The Kier molecular flexibility index (Phi) is 3.48. The molecule has 0 radical (unpaired) electrons. The van der Waals surface area contributed by atoms with E-state index >= 15 is 0 Å². The summed E-state index contributed by atoms with van der Waals surface area (Å²) < 4.78 is 0. The number of hydrogen-bond donors (Lipinski definition) is 2. The van der Waals surface area contributed by atoms with Gasteiger partial charge in [-0.2, -0.15) is 0 Å². The first-order chi connectivity index (χ1) is 8.23. The van der Waals surface area contributed by atoms with Crippen LogP contribution in [0.5, 0.6) is 0 Å². The van der Waals surface area contributed by atoms with Crippen LogP contribution in [-0.2, 0) is 10.2 Å². The van der Waals surface area contributed by atoms with Crippen LogP contribution in [0.1, 0.15) is 31.7 Å². The third-order valence-corrected chi connectivity index (χ3v) is 3.56. The predicted molar refractivity (Wildman–Crippen MR) is 66.7 cm³/mol. The standard InChI is InChI=1S/C14H19NO2/c1-2-12(10-16)15-13(17)14(8-9-14)11-6-4-3-5-7-11/h3-7,12,16H,2,8-10H2,1H3,(H,15,17)/t12-/m0/s1. The molecule has 2 rings (SSSR count). The van der Waals surface area contributed by atoms with Gasteiger partial charge in [0.15, 0.2) is 0 Å². The van der Waals surface area contributed by atoms with E-state index in [2.05, 4.69) is 5.32 Å². The molecule has 0 heterocycles. The lowest BCUT2D eigenvalue weighted by Gasteiger charge is -2.20. The lowest BCUT2D eigenvalue weighted by Crippen LogP contribution is -2.43. The van der Waals surface area contributed by atoms with Crippen molar-refractivity contribution in [2.75, 3.05) is 6.61 Å². The van der Waals surface area contributed by atoms with E-state index < -0.39 is 0 Å². The first-order valence-corrected chi connectivity index (χ1v) is 6.20. The van der Waals surface area contributed by atoms with Gasteiger partial charge in [-0.25, -0.2) is 0 Å². The molecular weight excluding hydrogens is 214 g/mol. The van der Waals surface area contributed by atoms with E-state index in [1.54, 1.807) is 0 Å². The van der Waals surface area contributed by atoms with E-state index in [4.69, 9.17) is 5.11 Å². The molecule has 17 heavy (non-hydrogen) atoms.